The zero-order chi connectivity index (χ0) is 25.4. The van der Waals surface area contributed by atoms with Gasteiger partial charge in [-0.05, 0) is 73.2 Å². The third-order valence-electron chi connectivity index (χ3n) is 4.64. The second-order valence-corrected chi connectivity index (χ2v) is 8.76. The summed E-state index contributed by atoms with van der Waals surface area (Å²) < 4.78 is 65.3. The van der Waals surface area contributed by atoms with Gasteiger partial charge in [0.05, 0.1) is 11.1 Å². The summed E-state index contributed by atoms with van der Waals surface area (Å²) >= 11 is 1.78. The molecule has 2 amide bonds. The molecule has 2 rings (SSSR count). The van der Waals surface area contributed by atoms with Crippen molar-refractivity contribution in [3.05, 3.63) is 62.2 Å². The number of anilines is 1. The van der Waals surface area contributed by atoms with Crippen molar-refractivity contribution in [3.8, 4) is 0 Å². The Labute approximate surface area is 198 Å². The predicted molar refractivity (Wildman–Crippen MR) is 117 cm³/mol. The zero-order valence-electron chi connectivity index (χ0n) is 17.4. The minimum absolute atomic E-state index is 0.0437. The highest BCUT2D eigenvalue weighted by atomic mass is 127. The summed E-state index contributed by atoms with van der Waals surface area (Å²) in [6.45, 7) is 3.75. The first-order chi connectivity index (χ1) is 15.0. The van der Waals surface area contributed by atoms with Crippen LogP contribution in [0.25, 0.3) is 0 Å². The topological polar surface area (TPSA) is 95.5 Å². The van der Waals surface area contributed by atoms with E-state index >= 15 is 0 Å². The maximum atomic E-state index is 13.6. The van der Waals surface area contributed by atoms with E-state index in [1.807, 2.05) is 0 Å². The molecule has 3 N–H and O–H groups in total. The van der Waals surface area contributed by atoms with E-state index in [0.29, 0.717) is 15.7 Å². The van der Waals surface area contributed by atoms with Crippen molar-refractivity contribution in [1.29, 1.82) is 0 Å². The van der Waals surface area contributed by atoms with Crippen LogP contribution in [-0.4, -0.2) is 34.6 Å². The molecule has 0 heterocycles. The largest absolute Gasteiger partial charge is 0.480 e. The third-order valence-corrected chi connectivity index (χ3v) is 5.54. The summed E-state index contributed by atoms with van der Waals surface area (Å²) in [4.78, 5) is 36.9. The molecule has 33 heavy (non-hydrogen) atoms. The van der Waals surface area contributed by atoms with Crippen LogP contribution in [0.1, 0.15) is 45.7 Å². The van der Waals surface area contributed by atoms with E-state index in [4.69, 9.17) is 0 Å². The van der Waals surface area contributed by atoms with E-state index in [1.54, 1.807) is 22.6 Å². The Balaban J connectivity index is 2.38. The molecule has 0 aliphatic heterocycles. The Kier molecular flexibility index (Phi) is 7.41. The van der Waals surface area contributed by atoms with Gasteiger partial charge in [-0.25, -0.2) is 4.79 Å². The van der Waals surface area contributed by atoms with Gasteiger partial charge in [0.15, 0.2) is 0 Å². The fourth-order valence-corrected chi connectivity index (χ4v) is 3.44. The van der Waals surface area contributed by atoms with Crippen molar-refractivity contribution in [2.45, 2.75) is 38.4 Å². The molecule has 6 nitrogen and oxygen atoms in total. The SMILES string of the molecule is Cc1cc(C(F)(F)C(F)(F)F)ccc1NC(=O)c1cccc(I)c1C(=O)NC(C)(C)C(=O)O. The first-order valence-corrected chi connectivity index (χ1v) is 10.3. The number of hydrogen-bond acceptors (Lipinski definition) is 3. The Hall–Kier alpha value is -2.77. The first kappa shape index (κ1) is 26.5. The molecule has 0 radical (unpaired) electrons. The minimum Gasteiger partial charge on any atom is -0.480 e. The van der Waals surface area contributed by atoms with Crippen LogP contribution in [0.3, 0.4) is 0 Å². The van der Waals surface area contributed by atoms with E-state index in [2.05, 4.69) is 10.6 Å². The van der Waals surface area contributed by atoms with Gasteiger partial charge in [-0.3, -0.25) is 9.59 Å². The highest BCUT2D eigenvalue weighted by Crippen LogP contribution is 2.44. The predicted octanol–water partition coefficient (Wildman–Crippen LogP) is 5.10. The fourth-order valence-electron chi connectivity index (χ4n) is 2.70. The summed E-state index contributed by atoms with van der Waals surface area (Å²) in [6, 6.07) is 6.34. The third kappa shape index (κ3) is 5.60. The summed E-state index contributed by atoms with van der Waals surface area (Å²) in [5.74, 6) is -8.06. The molecule has 0 aromatic heterocycles. The number of benzene rings is 2. The number of carboxylic acids is 1. The van der Waals surface area contributed by atoms with E-state index < -0.39 is 41.0 Å². The molecule has 0 unspecified atom stereocenters. The van der Waals surface area contributed by atoms with Gasteiger partial charge in [0.1, 0.15) is 5.54 Å². The van der Waals surface area contributed by atoms with E-state index in [0.717, 1.165) is 6.07 Å². The number of halogens is 6. The number of hydrogen-bond donors (Lipinski definition) is 3. The lowest BCUT2D eigenvalue weighted by molar-refractivity contribution is -0.289. The molecule has 0 atom stereocenters. The number of amides is 2. The molecular formula is C21H18F5IN2O4. The molecule has 0 saturated heterocycles. The van der Waals surface area contributed by atoms with Crippen molar-refractivity contribution in [3.63, 3.8) is 0 Å². The Morgan fingerprint density at radius 1 is 0.970 bits per heavy atom. The quantitative estimate of drug-likeness (QED) is 0.326. The van der Waals surface area contributed by atoms with Crippen molar-refractivity contribution in [1.82, 2.24) is 5.32 Å². The Bertz CT molecular complexity index is 1120. The number of rotatable bonds is 6. The number of carbonyl (C=O) groups excluding carboxylic acids is 2. The maximum Gasteiger partial charge on any atom is 0.458 e. The van der Waals surface area contributed by atoms with E-state index in [1.165, 1.54) is 39.0 Å². The number of aliphatic carboxylic acids is 1. The molecule has 0 spiro atoms. The second-order valence-electron chi connectivity index (χ2n) is 7.60. The van der Waals surface area contributed by atoms with Gasteiger partial charge >= 0.3 is 18.1 Å². The van der Waals surface area contributed by atoms with Crippen molar-refractivity contribution in [2.75, 3.05) is 5.32 Å². The molecule has 0 bridgehead atoms. The van der Waals surface area contributed by atoms with Crippen LogP contribution in [0.5, 0.6) is 0 Å². The van der Waals surface area contributed by atoms with Crippen molar-refractivity contribution < 1.29 is 41.4 Å². The van der Waals surface area contributed by atoms with E-state index in [-0.39, 0.29) is 22.4 Å². The normalized spacial score (nSPS) is 12.3. The summed E-state index contributed by atoms with van der Waals surface area (Å²) in [6.07, 6.45) is -5.78. The highest BCUT2D eigenvalue weighted by Gasteiger charge is 2.58. The Morgan fingerprint density at radius 2 is 1.58 bits per heavy atom. The van der Waals surface area contributed by atoms with Gasteiger partial charge in [0.2, 0.25) is 0 Å². The lowest BCUT2D eigenvalue weighted by atomic mass is 10.0. The molecule has 0 aliphatic rings. The summed E-state index contributed by atoms with van der Waals surface area (Å²) in [5, 5.41) is 13.9. The molecular weight excluding hydrogens is 566 g/mol. The lowest BCUT2D eigenvalue weighted by Crippen LogP contribution is -2.50. The number of nitrogens with one attached hydrogen (secondary N) is 2. The average Bonchev–Trinajstić information content (AvgIpc) is 2.67. The molecule has 0 saturated carbocycles. The van der Waals surface area contributed by atoms with Gasteiger partial charge < -0.3 is 15.7 Å². The molecule has 2 aromatic rings. The maximum absolute atomic E-state index is 13.6. The van der Waals surface area contributed by atoms with Crippen LogP contribution in [0.4, 0.5) is 27.6 Å². The number of carbonyl (C=O) groups is 3. The summed E-state index contributed by atoms with van der Waals surface area (Å²) in [5.41, 5.74) is -3.30. The monoisotopic (exact) mass is 584 g/mol. The molecule has 2 aromatic carbocycles. The van der Waals surface area contributed by atoms with Gasteiger partial charge in [0, 0.05) is 14.8 Å². The Morgan fingerprint density at radius 3 is 2.09 bits per heavy atom. The number of aryl methyl sites for hydroxylation is 1. The van der Waals surface area contributed by atoms with E-state index in [9.17, 15) is 41.4 Å². The van der Waals surface area contributed by atoms with Crippen LogP contribution < -0.4 is 10.6 Å². The minimum atomic E-state index is -5.78. The average molecular weight is 584 g/mol. The molecule has 12 heteroatoms. The van der Waals surface area contributed by atoms with Gasteiger partial charge in [-0.15, -0.1) is 0 Å². The number of carboxylic acid groups (broad SMARTS) is 1. The molecule has 178 valence electrons. The van der Waals surface area contributed by atoms with Gasteiger partial charge in [-0.2, -0.15) is 22.0 Å². The van der Waals surface area contributed by atoms with Gasteiger partial charge in [0.25, 0.3) is 11.8 Å². The van der Waals surface area contributed by atoms with Crippen LogP contribution in [0.2, 0.25) is 0 Å². The zero-order valence-corrected chi connectivity index (χ0v) is 19.6. The van der Waals surface area contributed by atoms with Crippen LogP contribution in [0, 0.1) is 10.5 Å². The van der Waals surface area contributed by atoms with Crippen LogP contribution in [-0.2, 0) is 10.7 Å². The second kappa shape index (κ2) is 9.23. The van der Waals surface area contributed by atoms with Crippen LogP contribution in [0.15, 0.2) is 36.4 Å². The van der Waals surface area contributed by atoms with Crippen molar-refractivity contribution in [2.24, 2.45) is 0 Å². The number of alkyl halides is 5. The lowest BCUT2D eigenvalue weighted by Gasteiger charge is -2.22. The highest BCUT2D eigenvalue weighted by molar-refractivity contribution is 14.1. The fraction of sp³-hybridized carbons (Fsp3) is 0.286. The van der Waals surface area contributed by atoms with Crippen LogP contribution >= 0.6 is 22.6 Å². The first-order valence-electron chi connectivity index (χ1n) is 9.20. The van der Waals surface area contributed by atoms with Crippen molar-refractivity contribution >= 4 is 46.1 Å². The smallest absolute Gasteiger partial charge is 0.458 e. The molecule has 0 fully saturated rings. The summed E-state index contributed by atoms with van der Waals surface area (Å²) in [7, 11) is 0. The van der Waals surface area contributed by atoms with Gasteiger partial charge in [-0.1, -0.05) is 12.1 Å². The molecule has 0 aliphatic carbocycles. The standard InChI is InChI=1S/C21H18F5IN2O4/c1-10-9-11(20(22,23)21(24,25)26)7-8-14(10)28-16(30)12-5-4-6-13(27)15(12)17(31)29-19(2,3)18(32)33/h4-9H,1-3H3,(H,28,30)(H,29,31)(H,32,33).